The molecule has 0 fully saturated rings. The number of aryl methyl sites for hydroxylation is 1. The van der Waals surface area contributed by atoms with Gasteiger partial charge in [0.2, 0.25) is 0 Å². The first-order valence-corrected chi connectivity index (χ1v) is 6.50. The summed E-state index contributed by atoms with van der Waals surface area (Å²) < 4.78 is 5.05. The Morgan fingerprint density at radius 1 is 1.39 bits per heavy atom. The van der Waals surface area contributed by atoms with Crippen LogP contribution in [0.1, 0.15) is 11.8 Å². The summed E-state index contributed by atoms with van der Waals surface area (Å²) in [6.45, 7) is 2.10. The van der Waals surface area contributed by atoms with Crippen molar-refractivity contribution in [2.24, 2.45) is 0 Å². The minimum absolute atomic E-state index is 0.435. The van der Waals surface area contributed by atoms with Crippen LogP contribution in [0.4, 0.5) is 5.00 Å². The molecule has 0 aliphatic heterocycles. The van der Waals surface area contributed by atoms with Crippen molar-refractivity contribution in [2.75, 3.05) is 5.73 Å². The van der Waals surface area contributed by atoms with Gasteiger partial charge in [0, 0.05) is 10.4 Å². The summed E-state index contributed by atoms with van der Waals surface area (Å²) in [5, 5.41) is 0.795. The number of fused-ring (bicyclic) bond motifs is 1. The van der Waals surface area contributed by atoms with Gasteiger partial charge in [-0.15, -0.1) is 11.3 Å². The number of oxazole rings is 1. The van der Waals surface area contributed by atoms with Crippen molar-refractivity contribution in [2.45, 2.75) is 13.3 Å². The average molecular weight is 260 g/mol. The van der Waals surface area contributed by atoms with Gasteiger partial charge in [0.05, 0.1) is 10.5 Å². The van der Waals surface area contributed by atoms with Crippen molar-refractivity contribution < 1.29 is 4.42 Å². The Hall–Kier alpha value is -2.01. The predicted molar refractivity (Wildman–Crippen MR) is 73.9 cm³/mol. The molecule has 0 radical (unpaired) electrons. The average Bonchev–Trinajstić information content (AvgIpc) is 2.89. The van der Waals surface area contributed by atoms with Crippen molar-refractivity contribution in [1.29, 1.82) is 0 Å². The summed E-state index contributed by atoms with van der Waals surface area (Å²) in [5.74, 6) is -0.435. The lowest BCUT2D eigenvalue weighted by atomic mass is 10.1. The predicted octanol–water partition coefficient (Wildman–Crippen LogP) is 2.99. The van der Waals surface area contributed by atoms with E-state index in [9.17, 15) is 4.79 Å². The van der Waals surface area contributed by atoms with Gasteiger partial charge in [0.15, 0.2) is 5.58 Å². The van der Waals surface area contributed by atoms with E-state index in [0.29, 0.717) is 11.1 Å². The molecule has 1 aromatic carbocycles. The Labute approximate surface area is 107 Å². The van der Waals surface area contributed by atoms with E-state index in [1.807, 2.05) is 18.2 Å². The van der Waals surface area contributed by atoms with Gasteiger partial charge >= 0.3 is 5.76 Å². The van der Waals surface area contributed by atoms with Crippen molar-refractivity contribution >= 4 is 27.4 Å². The number of hydrogen-bond donors (Lipinski definition) is 2. The smallest absolute Gasteiger partial charge is 0.408 e. The minimum atomic E-state index is -0.435. The number of hydrogen-bond acceptors (Lipinski definition) is 4. The maximum Gasteiger partial charge on any atom is 0.417 e. The molecule has 0 aliphatic carbocycles. The Balaban J connectivity index is 2.18. The van der Waals surface area contributed by atoms with E-state index in [1.165, 1.54) is 4.88 Å². The SMILES string of the molecule is CCc1cc(-c2ccc3[nH]c(=O)oc3c2)c(N)s1. The molecule has 0 amide bonds. The molecule has 4 nitrogen and oxygen atoms in total. The zero-order valence-electron chi connectivity index (χ0n) is 9.82. The second kappa shape index (κ2) is 4.03. The summed E-state index contributed by atoms with van der Waals surface area (Å²) in [7, 11) is 0. The molecule has 0 saturated carbocycles. The maximum atomic E-state index is 11.1. The van der Waals surface area contributed by atoms with Gasteiger partial charge in [-0.2, -0.15) is 0 Å². The van der Waals surface area contributed by atoms with Crippen LogP contribution in [0.15, 0.2) is 33.5 Å². The Morgan fingerprint density at radius 2 is 2.22 bits per heavy atom. The number of rotatable bonds is 2. The van der Waals surface area contributed by atoms with Crippen molar-refractivity contribution in [3.05, 3.63) is 39.7 Å². The Bertz CT molecular complexity index is 767. The first-order valence-electron chi connectivity index (χ1n) is 5.69. The molecule has 0 spiro atoms. The van der Waals surface area contributed by atoms with Crippen LogP contribution in [0.2, 0.25) is 0 Å². The number of aromatic nitrogens is 1. The molecule has 2 heterocycles. The topological polar surface area (TPSA) is 72.0 Å². The van der Waals surface area contributed by atoms with E-state index < -0.39 is 5.76 Å². The first-order chi connectivity index (χ1) is 8.67. The minimum Gasteiger partial charge on any atom is -0.408 e. The second-order valence-electron chi connectivity index (χ2n) is 4.07. The lowest BCUT2D eigenvalue weighted by molar-refractivity contribution is 0.555. The molecule has 3 rings (SSSR count). The number of anilines is 1. The van der Waals surface area contributed by atoms with Gasteiger partial charge in [-0.1, -0.05) is 13.0 Å². The molecular weight excluding hydrogens is 248 g/mol. The molecule has 0 saturated heterocycles. The summed E-state index contributed by atoms with van der Waals surface area (Å²) in [6.07, 6.45) is 0.969. The molecule has 0 aliphatic rings. The quantitative estimate of drug-likeness (QED) is 0.744. The van der Waals surface area contributed by atoms with Gasteiger partial charge < -0.3 is 10.2 Å². The monoisotopic (exact) mass is 260 g/mol. The van der Waals surface area contributed by atoms with Crippen LogP contribution in [0.25, 0.3) is 22.2 Å². The van der Waals surface area contributed by atoms with Crippen molar-refractivity contribution in [3.8, 4) is 11.1 Å². The summed E-state index contributed by atoms with van der Waals surface area (Å²) in [4.78, 5) is 15.0. The molecule has 5 heteroatoms. The van der Waals surface area contributed by atoms with Crippen LogP contribution in [-0.2, 0) is 6.42 Å². The summed E-state index contributed by atoms with van der Waals surface area (Å²) in [6, 6.07) is 7.70. The van der Waals surface area contributed by atoms with Crippen LogP contribution in [0, 0.1) is 0 Å². The number of benzene rings is 1. The third kappa shape index (κ3) is 1.73. The molecule has 0 unspecified atom stereocenters. The van der Waals surface area contributed by atoms with Gasteiger partial charge in [-0.3, -0.25) is 4.98 Å². The highest BCUT2D eigenvalue weighted by atomic mass is 32.1. The highest BCUT2D eigenvalue weighted by Gasteiger charge is 2.09. The second-order valence-corrected chi connectivity index (χ2v) is 5.24. The fraction of sp³-hybridized carbons (Fsp3) is 0.154. The molecule has 92 valence electrons. The number of H-pyrrole nitrogens is 1. The largest absolute Gasteiger partial charge is 0.417 e. The van der Waals surface area contributed by atoms with E-state index >= 15 is 0 Å². The fourth-order valence-electron chi connectivity index (χ4n) is 1.97. The third-order valence-corrected chi connectivity index (χ3v) is 4.00. The number of nitrogens with one attached hydrogen (secondary N) is 1. The van der Waals surface area contributed by atoms with Gasteiger partial charge in [-0.05, 0) is 30.2 Å². The van der Waals surface area contributed by atoms with E-state index in [4.69, 9.17) is 10.2 Å². The van der Waals surface area contributed by atoms with Crippen molar-refractivity contribution in [1.82, 2.24) is 4.98 Å². The molecule has 3 N–H and O–H groups in total. The maximum absolute atomic E-state index is 11.1. The van der Waals surface area contributed by atoms with E-state index in [2.05, 4.69) is 18.0 Å². The van der Waals surface area contributed by atoms with Gasteiger partial charge in [0.25, 0.3) is 0 Å². The number of nitrogen functional groups attached to an aromatic ring is 1. The van der Waals surface area contributed by atoms with E-state index in [0.717, 1.165) is 22.5 Å². The van der Waals surface area contributed by atoms with E-state index in [-0.39, 0.29) is 0 Å². The number of nitrogens with two attached hydrogens (primary N) is 1. The zero-order chi connectivity index (χ0) is 12.7. The zero-order valence-corrected chi connectivity index (χ0v) is 10.6. The van der Waals surface area contributed by atoms with Gasteiger partial charge in [0.1, 0.15) is 0 Å². The lowest BCUT2D eigenvalue weighted by Crippen LogP contribution is -1.92. The summed E-state index contributed by atoms with van der Waals surface area (Å²) in [5.41, 5.74) is 9.25. The highest BCUT2D eigenvalue weighted by molar-refractivity contribution is 7.16. The van der Waals surface area contributed by atoms with Gasteiger partial charge in [-0.25, -0.2) is 4.79 Å². The van der Waals surface area contributed by atoms with Crippen LogP contribution >= 0.6 is 11.3 Å². The Kier molecular flexibility index (Phi) is 2.48. The molecule has 0 atom stereocenters. The van der Waals surface area contributed by atoms with Crippen LogP contribution in [0.5, 0.6) is 0 Å². The molecule has 18 heavy (non-hydrogen) atoms. The lowest BCUT2D eigenvalue weighted by Gasteiger charge is -1.99. The van der Waals surface area contributed by atoms with Crippen LogP contribution < -0.4 is 11.5 Å². The fourth-order valence-corrected chi connectivity index (χ4v) is 2.86. The standard InChI is InChI=1S/C13H12N2O2S/c1-2-8-6-9(12(14)18-8)7-3-4-10-11(5-7)17-13(16)15-10/h3-6H,2,14H2,1H3,(H,15,16). The van der Waals surface area contributed by atoms with Crippen LogP contribution in [0.3, 0.4) is 0 Å². The third-order valence-electron chi connectivity index (χ3n) is 2.89. The van der Waals surface area contributed by atoms with E-state index in [1.54, 1.807) is 11.3 Å². The molecular formula is C13H12N2O2S. The first kappa shape index (κ1) is 11.1. The van der Waals surface area contributed by atoms with Crippen molar-refractivity contribution in [3.63, 3.8) is 0 Å². The molecule has 0 bridgehead atoms. The molecule has 3 aromatic rings. The van der Waals surface area contributed by atoms with Crippen LogP contribution in [-0.4, -0.2) is 4.98 Å². The Morgan fingerprint density at radius 3 is 2.94 bits per heavy atom. The number of aromatic amines is 1. The summed E-state index contributed by atoms with van der Waals surface area (Å²) >= 11 is 1.60. The highest BCUT2D eigenvalue weighted by Crippen LogP contribution is 2.35. The normalized spacial score (nSPS) is 11.2. The number of thiophene rings is 1. The molecule has 2 aromatic heterocycles.